The van der Waals surface area contributed by atoms with E-state index in [0.717, 1.165) is 11.1 Å². The minimum Gasteiger partial charge on any atom is -0.450 e. The van der Waals surface area contributed by atoms with Gasteiger partial charge < -0.3 is 10.1 Å². The van der Waals surface area contributed by atoms with Gasteiger partial charge in [-0.05, 0) is 44.2 Å². The van der Waals surface area contributed by atoms with Crippen LogP contribution in [-0.4, -0.2) is 12.0 Å². The number of para-hydroxylation sites is 1. The Kier molecular flexibility index (Phi) is 4.55. The molecule has 5 heteroatoms. The van der Waals surface area contributed by atoms with Crippen LogP contribution in [0, 0.1) is 17.0 Å². The van der Waals surface area contributed by atoms with E-state index >= 15 is 0 Å². The van der Waals surface area contributed by atoms with E-state index < -0.39 is 4.92 Å². The third kappa shape index (κ3) is 3.38. The fourth-order valence-electron chi connectivity index (χ4n) is 2.02. The van der Waals surface area contributed by atoms with Crippen molar-refractivity contribution in [3.63, 3.8) is 0 Å². The van der Waals surface area contributed by atoms with E-state index in [1.54, 1.807) is 19.1 Å². The first-order valence-corrected chi connectivity index (χ1v) is 6.72. The molecule has 0 saturated heterocycles. The van der Waals surface area contributed by atoms with E-state index in [4.69, 9.17) is 4.74 Å². The summed E-state index contributed by atoms with van der Waals surface area (Å²) in [6, 6.07) is 12.7. The lowest BCUT2D eigenvalue weighted by molar-refractivity contribution is -0.385. The van der Waals surface area contributed by atoms with Crippen LogP contribution in [0.1, 0.15) is 24.1 Å². The number of nitro groups is 1. The number of rotatable bonds is 5. The predicted molar refractivity (Wildman–Crippen MR) is 81.8 cm³/mol. The Morgan fingerprint density at radius 1 is 1.19 bits per heavy atom. The zero-order valence-corrected chi connectivity index (χ0v) is 12.3. The molecule has 21 heavy (non-hydrogen) atoms. The highest BCUT2D eigenvalue weighted by atomic mass is 16.6. The number of aryl methyl sites for hydroxylation is 1. The molecular weight excluding hydrogens is 268 g/mol. The van der Waals surface area contributed by atoms with Crippen LogP contribution in [0.15, 0.2) is 42.5 Å². The molecule has 0 bridgehead atoms. The van der Waals surface area contributed by atoms with E-state index in [9.17, 15) is 10.1 Å². The number of ether oxygens (including phenoxy) is 1. The number of hydrogen-bond acceptors (Lipinski definition) is 4. The van der Waals surface area contributed by atoms with Crippen molar-refractivity contribution >= 4 is 5.69 Å². The van der Waals surface area contributed by atoms with Crippen molar-refractivity contribution in [2.75, 3.05) is 7.05 Å². The minimum absolute atomic E-state index is 0.0253. The lowest BCUT2D eigenvalue weighted by Crippen LogP contribution is -2.11. The van der Waals surface area contributed by atoms with Crippen LogP contribution in [-0.2, 0) is 0 Å². The van der Waals surface area contributed by atoms with Gasteiger partial charge in [0.1, 0.15) is 5.75 Å². The number of nitrogens with one attached hydrogen (secondary N) is 1. The molecule has 0 heterocycles. The molecule has 1 atom stereocenters. The quantitative estimate of drug-likeness (QED) is 0.667. The molecule has 0 radical (unpaired) electrons. The highest BCUT2D eigenvalue weighted by Crippen LogP contribution is 2.34. The van der Waals surface area contributed by atoms with Crippen molar-refractivity contribution in [1.82, 2.24) is 5.32 Å². The van der Waals surface area contributed by atoms with Crippen molar-refractivity contribution < 1.29 is 9.66 Å². The second-order valence-corrected chi connectivity index (χ2v) is 4.86. The number of hydrogen-bond donors (Lipinski definition) is 1. The highest BCUT2D eigenvalue weighted by molar-refractivity contribution is 5.53. The lowest BCUT2D eigenvalue weighted by Gasteiger charge is -2.12. The number of nitro benzene ring substituents is 1. The van der Waals surface area contributed by atoms with E-state index in [2.05, 4.69) is 12.2 Å². The average molecular weight is 286 g/mol. The first-order valence-electron chi connectivity index (χ1n) is 6.72. The van der Waals surface area contributed by atoms with Crippen molar-refractivity contribution in [3.05, 3.63) is 63.7 Å². The molecule has 0 fully saturated rings. The van der Waals surface area contributed by atoms with Gasteiger partial charge >= 0.3 is 5.69 Å². The number of benzene rings is 2. The first-order chi connectivity index (χ1) is 10.0. The van der Waals surface area contributed by atoms with E-state index in [1.165, 1.54) is 6.07 Å². The van der Waals surface area contributed by atoms with Crippen LogP contribution in [0.4, 0.5) is 5.69 Å². The molecule has 0 aliphatic rings. The Balaban J connectivity index is 2.28. The molecular formula is C16H18N2O3. The topological polar surface area (TPSA) is 64.4 Å². The smallest absolute Gasteiger partial charge is 0.311 e. The van der Waals surface area contributed by atoms with Gasteiger partial charge in [0.15, 0.2) is 0 Å². The van der Waals surface area contributed by atoms with Gasteiger partial charge in [0.25, 0.3) is 0 Å². The third-order valence-corrected chi connectivity index (χ3v) is 3.42. The van der Waals surface area contributed by atoms with Crippen molar-refractivity contribution in [2.45, 2.75) is 19.9 Å². The fourth-order valence-corrected chi connectivity index (χ4v) is 2.02. The zero-order chi connectivity index (χ0) is 15.4. The molecule has 2 rings (SSSR count). The summed E-state index contributed by atoms with van der Waals surface area (Å²) in [6.07, 6.45) is 0. The Bertz CT molecular complexity index is 638. The second kappa shape index (κ2) is 6.37. The van der Waals surface area contributed by atoms with Crippen LogP contribution in [0.5, 0.6) is 11.5 Å². The summed E-state index contributed by atoms with van der Waals surface area (Å²) in [5, 5.41) is 14.2. The highest BCUT2D eigenvalue weighted by Gasteiger charge is 2.17. The molecule has 1 unspecified atom stereocenters. The van der Waals surface area contributed by atoms with E-state index in [-0.39, 0.29) is 17.5 Å². The van der Waals surface area contributed by atoms with Gasteiger partial charge in [-0.1, -0.05) is 24.3 Å². The molecule has 2 aromatic rings. The van der Waals surface area contributed by atoms with Gasteiger partial charge in [0.05, 0.1) is 4.92 Å². The van der Waals surface area contributed by atoms with Crippen LogP contribution >= 0.6 is 0 Å². The molecule has 0 saturated carbocycles. The maximum atomic E-state index is 11.1. The molecule has 0 aliphatic carbocycles. The molecule has 0 spiro atoms. The van der Waals surface area contributed by atoms with Crippen LogP contribution in [0.3, 0.4) is 0 Å². The minimum atomic E-state index is -0.431. The van der Waals surface area contributed by atoms with Gasteiger partial charge in [-0.15, -0.1) is 0 Å². The van der Waals surface area contributed by atoms with Gasteiger partial charge in [-0.25, -0.2) is 0 Å². The summed E-state index contributed by atoms with van der Waals surface area (Å²) < 4.78 is 5.71. The van der Waals surface area contributed by atoms with Gasteiger partial charge in [-0.3, -0.25) is 10.1 Å². The molecule has 110 valence electrons. The molecule has 0 aliphatic heterocycles. The lowest BCUT2D eigenvalue weighted by atomic mass is 10.1. The SMILES string of the molecule is CNC(C)c1ccc(Oc2c(C)cccc2[N+](=O)[O-])cc1. The summed E-state index contributed by atoms with van der Waals surface area (Å²) in [5.74, 6) is 0.872. The normalized spacial score (nSPS) is 12.0. The molecule has 0 amide bonds. The zero-order valence-electron chi connectivity index (χ0n) is 12.3. The first kappa shape index (κ1) is 15.0. The Morgan fingerprint density at radius 3 is 2.43 bits per heavy atom. The standard InChI is InChI=1S/C16H18N2O3/c1-11-5-4-6-15(18(19)20)16(11)21-14-9-7-13(8-10-14)12(2)17-3/h4-10,12,17H,1-3H3. The van der Waals surface area contributed by atoms with Crippen molar-refractivity contribution in [2.24, 2.45) is 0 Å². The summed E-state index contributed by atoms with van der Waals surface area (Å²) in [4.78, 5) is 10.6. The maximum Gasteiger partial charge on any atom is 0.311 e. The van der Waals surface area contributed by atoms with Crippen molar-refractivity contribution in [3.8, 4) is 11.5 Å². The van der Waals surface area contributed by atoms with E-state index in [1.807, 2.05) is 31.3 Å². The molecule has 0 aromatic heterocycles. The largest absolute Gasteiger partial charge is 0.450 e. The third-order valence-electron chi connectivity index (χ3n) is 3.42. The molecule has 1 N–H and O–H groups in total. The van der Waals surface area contributed by atoms with Crippen LogP contribution in [0.25, 0.3) is 0 Å². The Hall–Kier alpha value is -2.40. The van der Waals surface area contributed by atoms with E-state index in [0.29, 0.717) is 5.75 Å². The second-order valence-electron chi connectivity index (χ2n) is 4.86. The predicted octanol–water partition coefficient (Wildman–Crippen LogP) is 3.98. The van der Waals surface area contributed by atoms with Crippen LogP contribution in [0.2, 0.25) is 0 Å². The summed E-state index contributed by atoms with van der Waals surface area (Å²) >= 11 is 0. The average Bonchev–Trinajstić information content (AvgIpc) is 2.49. The van der Waals surface area contributed by atoms with Gasteiger partial charge in [0, 0.05) is 12.1 Å². The summed E-state index contributed by atoms with van der Waals surface area (Å²) in [6.45, 7) is 3.85. The maximum absolute atomic E-state index is 11.1. The van der Waals surface area contributed by atoms with Gasteiger partial charge in [0.2, 0.25) is 5.75 Å². The van der Waals surface area contributed by atoms with Gasteiger partial charge in [-0.2, -0.15) is 0 Å². The Morgan fingerprint density at radius 2 is 1.86 bits per heavy atom. The number of nitrogens with zero attached hydrogens (tertiary/aromatic N) is 1. The Labute approximate surface area is 123 Å². The van der Waals surface area contributed by atoms with Crippen LogP contribution < -0.4 is 10.1 Å². The molecule has 2 aromatic carbocycles. The summed E-state index contributed by atoms with van der Waals surface area (Å²) in [5.41, 5.74) is 1.84. The fraction of sp³-hybridized carbons (Fsp3) is 0.250. The summed E-state index contributed by atoms with van der Waals surface area (Å²) in [7, 11) is 1.89. The monoisotopic (exact) mass is 286 g/mol. The molecule has 5 nitrogen and oxygen atoms in total. The van der Waals surface area contributed by atoms with Crippen molar-refractivity contribution in [1.29, 1.82) is 0 Å².